The molecule has 0 aliphatic heterocycles. The summed E-state index contributed by atoms with van der Waals surface area (Å²) in [5, 5.41) is 2.33. The SMILES string of the molecule is FC(F)(F)c1cc(-c2ccc3c(c2)c2ccccc2n3-c2ccccc2-c2ccc(-c3cc(-c4ccccc4)nc(-c4ccccc4)n3)cc2-n2c3ccccc3c3cc(-c4cc(C(F)(F)F)cc(C(F)(F)F)c4)ccc32)cc(C(F)(F)F)c1. The van der Waals surface area contributed by atoms with Gasteiger partial charge in [-0.25, -0.2) is 9.97 Å². The fraction of sp³-hybridized carbons (Fsp3) is 0.0588. The third kappa shape index (κ3) is 9.66. The van der Waals surface area contributed by atoms with Gasteiger partial charge in [-0.2, -0.15) is 52.7 Å². The standard InChI is InChI=1S/C68H38F12N4/c69-65(70,71)46-29-44(30-47(36-46)66(72,73)74)41-24-27-61-54(33-41)51-18-8-11-21-59(51)83(61)58-20-10-7-17-50(58)53-26-23-43(57-38-56(39-13-3-1-4-14-39)81-64(82-57)40-15-5-2-6-16-40)35-63(53)84-60-22-12-9-19-52(60)55-34-42(25-28-62(55)84)45-31-48(67(75,76)77)37-49(32-45)68(78,79)80/h1-38H. The zero-order valence-corrected chi connectivity index (χ0v) is 43.3. The number of halogens is 12. The molecule has 0 fully saturated rings. The van der Waals surface area contributed by atoms with E-state index in [1.165, 1.54) is 12.1 Å². The van der Waals surface area contributed by atoms with Crippen LogP contribution >= 0.6 is 0 Å². The summed E-state index contributed by atoms with van der Waals surface area (Å²) in [6.07, 6.45) is -20.3. The van der Waals surface area contributed by atoms with Crippen molar-refractivity contribution < 1.29 is 52.7 Å². The highest BCUT2D eigenvalue weighted by Crippen LogP contribution is 2.46. The molecule has 0 saturated carbocycles. The monoisotopic (exact) mass is 1140 g/mol. The molecule has 0 saturated heterocycles. The van der Waals surface area contributed by atoms with E-state index >= 15 is 0 Å². The van der Waals surface area contributed by atoms with Gasteiger partial charge in [-0.05, 0) is 113 Å². The Morgan fingerprint density at radius 1 is 0.250 bits per heavy atom. The summed E-state index contributed by atoms with van der Waals surface area (Å²) in [5.74, 6) is 0.443. The van der Waals surface area contributed by atoms with E-state index in [4.69, 9.17) is 9.97 Å². The van der Waals surface area contributed by atoms with Gasteiger partial charge in [0.05, 0.1) is 67.1 Å². The van der Waals surface area contributed by atoms with Crippen LogP contribution in [0.4, 0.5) is 52.7 Å². The maximum Gasteiger partial charge on any atom is 0.416 e. The van der Waals surface area contributed by atoms with Gasteiger partial charge in [-0.3, -0.25) is 0 Å². The first-order valence-electron chi connectivity index (χ1n) is 26.1. The van der Waals surface area contributed by atoms with Crippen LogP contribution < -0.4 is 0 Å². The van der Waals surface area contributed by atoms with Crippen LogP contribution in [0.3, 0.4) is 0 Å². The normalized spacial score (nSPS) is 12.5. The number of hydrogen-bond donors (Lipinski definition) is 0. The molecule has 0 aliphatic rings. The summed E-state index contributed by atoms with van der Waals surface area (Å²) in [4.78, 5) is 10.1. The Bertz CT molecular complexity index is 4600. The van der Waals surface area contributed by atoms with Gasteiger partial charge in [0.15, 0.2) is 5.82 Å². The highest BCUT2D eigenvalue weighted by Gasteiger charge is 2.39. The van der Waals surface area contributed by atoms with E-state index in [1.807, 2.05) is 155 Å². The Morgan fingerprint density at radius 2 is 0.631 bits per heavy atom. The largest absolute Gasteiger partial charge is 0.416 e. The van der Waals surface area contributed by atoms with Gasteiger partial charge < -0.3 is 9.13 Å². The maximum atomic E-state index is 14.3. The van der Waals surface area contributed by atoms with Crippen molar-refractivity contribution >= 4 is 43.6 Å². The first-order chi connectivity index (χ1) is 40.2. The van der Waals surface area contributed by atoms with Crippen molar-refractivity contribution in [2.75, 3.05) is 0 Å². The molecule has 3 aromatic heterocycles. The van der Waals surface area contributed by atoms with E-state index < -0.39 is 47.0 Å². The second-order valence-corrected chi connectivity index (χ2v) is 20.2. The molecule has 0 amide bonds. The van der Waals surface area contributed by atoms with Crippen molar-refractivity contribution in [2.24, 2.45) is 0 Å². The number of alkyl halides is 12. The van der Waals surface area contributed by atoms with Crippen LogP contribution in [-0.4, -0.2) is 19.1 Å². The minimum absolute atomic E-state index is 0.0937. The first kappa shape index (κ1) is 53.4. The van der Waals surface area contributed by atoms with Gasteiger partial charge in [0.1, 0.15) is 0 Å². The van der Waals surface area contributed by atoms with Crippen LogP contribution in [0.15, 0.2) is 231 Å². The zero-order valence-electron chi connectivity index (χ0n) is 43.3. The highest BCUT2D eigenvalue weighted by atomic mass is 19.4. The van der Waals surface area contributed by atoms with E-state index in [0.29, 0.717) is 113 Å². The Balaban J connectivity index is 1.06. The zero-order chi connectivity index (χ0) is 58.5. The van der Waals surface area contributed by atoms with Gasteiger partial charge in [0.25, 0.3) is 0 Å². The van der Waals surface area contributed by atoms with Crippen LogP contribution in [0.1, 0.15) is 22.3 Å². The summed E-state index contributed by atoms with van der Waals surface area (Å²) in [7, 11) is 0. The third-order valence-corrected chi connectivity index (χ3v) is 15.0. The van der Waals surface area contributed by atoms with Gasteiger partial charge in [0, 0.05) is 49.4 Å². The van der Waals surface area contributed by atoms with Gasteiger partial charge in [-0.1, -0.05) is 140 Å². The minimum Gasteiger partial charge on any atom is -0.309 e. The molecule has 84 heavy (non-hydrogen) atoms. The molecule has 13 rings (SSSR count). The number of fused-ring (bicyclic) bond motifs is 6. The lowest BCUT2D eigenvalue weighted by molar-refractivity contribution is -0.144. The van der Waals surface area contributed by atoms with Gasteiger partial charge in [0.2, 0.25) is 0 Å². The average molecular weight is 1140 g/mol. The van der Waals surface area contributed by atoms with Crippen molar-refractivity contribution in [3.63, 3.8) is 0 Å². The van der Waals surface area contributed by atoms with E-state index in [0.717, 1.165) is 11.1 Å². The second-order valence-electron chi connectivity index (χ2n) is 20.2. The second kappa shape index (κ2) is 19.9. The Morgan fingerprint density at radius 3 is 1.12 bits per heavy atom. The molecule has 3 heterocycles. The van der Waals surface area contributed by atoms with E-state index in [-0.39, 0.29) is 34.4 Å². The molecule has 10 aromatic carbocycles. The van der Waals surface area contributed by atoms with Crippen molar-refractivity contribution in [1.29, 1.82) is 0 Å². The summed E-state index contributed by atoms with van der Waals surface area (Å²) in [6.45, 7) is 0. The molecule has 0 radical (unpaired) electrons. The third-order valence-electron chi connectivity index (χ3n) is 15.0. The fourth-order valence-corrected chi connectivity index (χ4v) is 11.1. The number of hydrogen-bond acceptors (Lipinski definition) is 2. The number of rotatable bonds is 8. The number of aromatic nitrogens is 4. The smallest absolute Gasteiger partial charge is 0.309 e. The lowest BCUT2D eigenvalue weighted by Crippen LogP contribution is -2.11. The van der Waals surface area contributed by atoms with Crippen molar-refractivity contribution in [1.82, 2.24) is 19.1 Å². The van der Waals surface area contributed by atoms with Crippen molar-refractivity contribution in [3.05, 3.63) is 253 Å². The predicted molar refractivity (Wildman–Crippen MR) is 303 cm³/mol. The summed E-state index contributed by atoms with van der Waals surface area (Å²) in [5.41, 5.74) is 2.13. The molecule has 0 aliphatic carbocycles. The molecule has 0 spiro atoms. The molecular formula is C68H38F12N4. The Kier molecular flexibility index (Phi) is 12.6. The maximum absolute atomic E-state index is 14.3. The molecule has 16 heteroatoms. The summed E-state index contributed by atoms with van der Waals surface area (Å²) in [6, 6.07) is 61.2. The molecular weight excluding hydrogens is 1100 g/mol. The molecule has 0 N–H and O–H groups in total. The van der Waals surface area contributed by atoms with E-state index in [2.05, 4.69) is 0 Å². The Hall–Kier alpha value is -9.96. The van der Waals surface area contributed by atoms with E-state index in [9.17, 15) is 52.7 Å². The van der Waals surface area contributed by atoms with Crippen LogP contribution in [0.25, 0.3) is 122 Å². The van der Waals surface area contributed by atoms with Crippen LogP contribution in [0.2, 0.25) is 0 Å². The topological polar surface area (TPSA) is 35.6 Å². The fourth-order valence-electron chi connectivity index (χ4n) is 11.1. The number of para-hydroxylation sites is 3. The highest BCUT2D eigenvalue weighted by molar-refractivity contribution is 6.13. The average Bonchev–Trinajstić information content (AvgIpc) is 2.19. The van der Waals surface area contributed by atoms with Crippen LogP contribution in [-0.2, 0) is 24.7 Å². The molecule has 0 bridgehead atoms. The molecule has 13 aromatic rings. The van der Waals surface area contributed by atoms with Gasteiger partial charge >= 0.3 is 24.7 Å². The quantitative estimate of drug-likeness (QED) is 0.142. The van der Waals surface area contributed by atoms with Gasteiger partial charge in [-0.15, -0.1) is 0 Å². The lowest BCUT2D eigenvalue weighted by Gasteiger charge is -2.20. The first-order valence-corrected chi connectivity index (χ1v) is 26.1. The van der Waals surface area contributed by atoms with Crippen molar-refractivity contribution in [2.45, 2.75) is 24.7 Å². The lowest BCUT2D eigenvalue weighted by atomic mass is 9.97. The number of nitrogens with zero attached hydrogens (tertiary/aromatic N) is 4. The molecule has 0 unspecified atom stereocenters. The van der Waals surface area contributed by atoms with Crippen LogP contribution in [0, 0.1) is 0 Å². The summed E-state index contributed by atoms with van der Waals surface area (Å²) >= 11 is 0. The number of benzene rings is 10. The van der Waals surface area contributed by atoms with E-state index in [1.54, 1.807) is 36.4 Å². The van der Waals surface area contributed by atoms with Crippen molar-refractivity contribution in [3.8, 4) is 78.7 Å². The minimum atomic E-state index is -5.08. The van der Waals surface area contributed by atoms with Crippen LogP contribution in [0.5, 0.6) is 0 Å². The molecule has 414 valence electrons. The predicted octanol–water partition coefficient (Wildman–Crippen LogP) is 20.7. The molecule has 4 nitrogen and oxygen atoms in total. The Labute approximate surface area is 469 Å². The summed E-state index contributed by atoms with van der Waals surface area (Å²) < 4.78 is 174. The molecule has 0 atom stereocenters.